The summed E-state index contributed by atoms with van der Waals surface area (Å²) in [5.41, 5.74) is 1.34. The summed E-state index contributed by atoms with van der Waals surface area (Å²) in [4.78, 5) is 1.35. The third-order valence-corrected chi connectivity index (χ3v) is 2.99. The molecule has 0 heterocycles. The summed E-state index contributed by atoms with van der Waals surface area (Å²) in [6.07, 6.45) is 2.11. The lowest BCUT2D eigenvalue weighted by Gasteiger charge is -2.10. The molecule has 2 heteroatoms. The van der Waals surface area contributed by atoms with Crippen molar-refractivity contribution in [2.45, 2.75) is 18.7 Å². The van der Waals surface area contributed by atoms with E-state index in [2.05, 4.69) is 54.2 Å². The Balaban J connectivity index is 3.12. The summed E-state index contributed by atoms with van der Waals surface area (Å²) >= 11 is 5.26. The molecule has 0 spiro atoms. The predicted molar refractivity (Wildman–Crippen MR) is 59.6 cm³/mol. The quantitative estimate of drug-likeness (QED) is 0.705. The Hall–Kier alpha value is 0.0500. The second kappa shape index (κ2) is 4.33. The first kappa shape index (κ1) is 10.1. The van der Waals surface area contributed by atoms with Crippen LogP contribution in [0.1, 0.15) is 19.4 Å². The maximum atomic E-state index is 3.47. The number of thioether (sulfide) groups is 1. The Bertz CT molecular complexity index is 269. The predicted octanol–water partition coefficient (Wildman–Crippen LogP) is 4.13. The molecule has 0 unspecified atom stereocenters. The molecule has 0 aliphatic rings. The van der Waals surface area contributed by atoms with E-state index in [1.165, 1.54) is 16.4 Å². The van der Waals surface area contributed by atoms with E-state index in [-0.39, 0.29) is 0 Å². The van der Waals surface area contributed by atoms with E-state index < -0.39 is 0 Å². The average Bonchev–Trinajstić information content (AvgIpc) is 2.04. The highest BCUT2D eigenvalue weighted by Gasteiger charge is 2.05. The van der Waals surface area contributed by atoms with Gasteiger partial charge in [-0.05, 0) is 35.9 Å². The van der Waals surface area contributed by atoms with E-state index in [9.17, 15) is 0 Å². The van der Waals surface area contributed by atoms with Gasteiger partial charge in [-0.2, -0.15) is 0 Å². The molecular weight excluding hydrogens is 232 g/mol. The minimum absolute atomic E-state index is 1.15. The highest BCUT2D eigenvalue weighted by Crippen LogP contribution is 2.28. The number of benzene rings is 1. The molecule has 12 heavy (non-hydrogen) atoms. The maximum Gasteiger partial charge on any atom is 0.0179 e. The first-order valence-corrected chi connectivity index (χ1v) is 5.81. The zero-order valence-corrected chi connectivity index (χ0v) is 9.92. The van der Waals surface area contributed by atoms with Crippen LogP contribution in [0.4, 0.5) is 0 Å². The van der Waals surface area contributed by atoms with Gasteiger partial charge in [0.2, 0.25) is 0 Å². The first-order chi connectivity index (χ1) is 5.65. The number of hydrogen-bond donors (Lipinski definition) is 0. The van der Waals surface area contributed by atoms with Gasteiger partial charge in [0.1, 0.15) is 0 Å². The lowest BCUT2D eigenvalue weighted by molar-refractivity contribution is 1.10. The fraction of sp³-hybridized carbons (Fsp3) is 0.300. The molecule has 0 N–H and O–H groups in total. The van der Waals surface area contributed by atoms with Crippen LogP contribution in [0.2, 0.25) is 0 Å². The summed E-state index contributed by atoms with van der Waals surface area (Å²) in [5.74, 6) is 1.36. The van der Waals surface area contributed by atoms with Gasteiger partial charge >= 0.3 is 0 Å². The van der Waals surface area contributed by atoms with Crippen LogP contribution in [0.5, 0.6) is 0 Å². The Kier molecular flexibility index (Phi) is 3.66. The van der Waals surface area contributed by atoms with Gasteiger partial charge in [0.05, 0.1) is 0 Å². The molecular formula is C10H12BrS. The molecule has 1 aromatic carbocycles. The van der Waals surface area contributed by atoms with Crippen LogP contribution in [-0.2, 0) is 0 Å². The van der Waals surface area contributed by atoms with Crippen molar-refractivity contribution >= 4 is 27.7 Å². The second-order valence-electron chi connectivity index (χ2n) is 2.84. The standard InChI is InChI=1S/C10H12BrS/c1-7(2)9-6-8(11)4-5-10(9)12-3/h4-6H,1-3H3. The van der Waals surface area contributed by atoms with Crippen molar-refractivity contribution in [2.24, 2.45) is 0 Å². The SMILES string of the molecule is CSc1ccc(Br)cc1[C](C)C. The highest BCUT2D eigenvalue weighted by atomic mass is 79.9. The Morgan fingerprint density at radius 1 is 1.33 bits per heavy atom. The molecule has 0 saturated carbocycles. The van der Waals surface area contributed by atoms with Crippen LogP contribution >= 0.6 is 27.7 Å². The van der Waals surface area contributed by atoms with E-state index in [0.717, 1.165) is 4.47 Å². The molecule has 0 saturated heterocycles. The van der Waals surface area contributed by atoms with Crippen molar-refractivity contribution in [1.29, 1.82) is 0 Å². The monoisotopic (exact) mass is 243 g/mol. The van der Waals surface area contributed by atoms with Crippen LogP contribution in [0, 0.1) is 5.92 Å². The third kappa shape index (κ3) is 2.27. The van der Waals surface area contributed by atoms with Crippen molar-refractivity contribution < 1.29 is 0 Å². The van der Waals surface area contributed by atoms with Crippen LogP contribution in [0.3, 0.4) is 0 Å². The molecule has 0 fully saturated rings. The fourth-order valence-corrected chi connectivity index (χ4v) is 2.12. The maximum absolute atomic E-state index is 3.47. The van der Waals surface area contributed by atoms with Crippen molar-refractivity contribution in [3.8, 4) is 0 Å². The lowest BCUT2D eigenvalue weighted by atomic mass is 10.0. The smallest absolute Gasteiger partial charge is 0.0179 e. The molecule has 0 nitrogen and oxygen atoms in total. The van der Waals surface area contributed by atoms with Gasteiger partial charge in [-0.3, -0.25) is 0 Å². The summed E-state index contributed by atoms with van der Waals surface area (Å²) in [6.45, 7) is 4.28. The fourth-order valence-electron chi connectivity index (χ4n) is 1.07. The van der Waals surface area contributed by atoms with E-state index in [1.807, 2.05) is 0 Å². The van der Waals surface area contributed by atoms with Crippen molar-refractivity contribution in [2.75, 3.05) is 6.26 Å². The summed E-state index contributed by atoms with van der Waals surface area (Å²) in [6, 6.07) is 6.40. The minimum atomic E-state index is 1.15. The van der Waals surface area contributed by atoms with Crippen molar-refractivity contribution in [3.05, 3.63) is 34.2 Å². The lowest BCUT2D eigenvalue weighted by Crippen LogP contribution is -1.91. The topological polar surface area (TPSA) is 0 Å². The average molecular weight is 244 g/mol. The van der Waals surface area contributed by atoms with Gasteiger partial charge in [-0.15, -0.1) is 11.8 Å². The number of hydrogen-bond acceptors (Lipinski definition) is 1. The molecule has 0 atom stereocenters. The molecule has 0 aromatic heterocycles. The normalized spacial score (nSPS) is 10.8. The van der Waals surface area contributed by atoms with Crippen LogP contribution in [-0.4, -0.2) is 6.26 Å². The largest absolute Gasteiger partial charge is 0.129 e. The van der Waals surface area contributed by atoms with E-state index in [4.69, 9.17) is 0 Å². The summed E-state index contributed by atoms with van der Waals surface area (Å²) in [7, 11) is 0. The summed E-state index contributed by atoms with van der Waals surface area (Å²) < 4.78 is 1.15. The molecule has 0 aliphatic heterocycles. The molecule has 65 valence electrons. The van der Waals surface area contributed by atoms with Gasteiger partial charge in [-0.1, -0.05) is 29.8 Å². The van der Waals surface area contributed by atoms with E-state index >= 15 is 0 Å². The molecule has 0 amide bonds. The van der Waals surface area contributed by atoms with Crippen molar-refractivity contribution in [3.63, 3.8) is 0 Å². The van der Waals surface area contributed by atoms with Gasteiger partial charge in [0, 0.05) is 9.37 Å². The molecule has 1 radical (unpaired) electrons. The zero-order chi connectivity index (χ0) is 9.14. The van der Waals surface area contributed by atoms with Crippen molar-refractivity contribution in [1.82, 2.24) is 0 Å². The summed E-state index contributed by atoms with van der Waals surface area (Å²) in [5, 5.41) is 0. The minimum Gasteiger partial charge on any atom is -0.129 e. The van der Waals surface area contributed by atoms with Crippen LogP contribution in [0.15, 0.2) is 27.6 Å². The molecule has 0 aliphatic carbocycles. The first-order valence-electron chi connectivity index (χ1n) is 3.79. The Labute approximate surface area is 86.9 Å². The van der Waals surface area contributed by atoms with Gasteiger partial charge in [-0.25, -0.2) is 0 Å². The molecule has 0 bridgehead atoms. The zero-order valence-electron chi connectivity index (χ0n) is 7.52. The number of rotatable bonds is 2. The van der Waals surface area contributed by atoms with Gasteiger partial charge < -0.3 is 0 Å². The third-order valence-electron chi connectivity index (χ3n) is 1.70. The second-order valence-corrected chi connectivity index (χ2v) is 4.61. The van der Waals surface area contributed by atoms with Crippen LogP contribution < -0.4 is 0 Å². The van der Waals surface area contributed by atoms with Gasteiger partial charge in [0.25, 0.3) is 0 Å². The number of halogens is 1. The van der Waals surface area contributed by atoms with E-state index in [0.29, 0.717) is 0 Å². The molecule has 1 rings (SSSR count). The molecule has 1 aromatic rings. The van der Waals surface area contributed by atoms with Crippen LogP contribution in [0.25, 0.3) is 0 Å². The van der Waals surface area contributed by atoms with Gasteiger partial charge in [0.15, 0.2) is 0 Å². The van der Waals surface area contributed by atoms with E-state index in [1.54, 1.807) is 11.8 Å². The Morgan fingerprint density at radius 2 is 2.00 bits per heavy atom. The highest BCUT2D eigenvalue weighted by molar-refractivity contribution is 9.10. The Morgan fingerprint density at radius 3 is 2.50 bits per heavy atom.